The number of hydrogen-bond donors (Lipinski definition) is 2. The molecule has 0 saturated heterocycles. The van der Waals surface area contributed by atoms with Gasteiger partial charge in [0, 0.05) is 24.2 Å². The van der Waals surface area contributed by atoms with E-state index < -0.39 is 5.97 Å². The van der Waals surface area contributed by atoms with Crippen LogP contribution in [0.4, 0.5) is 0 Å². The summed E-state index contributed by atoms with van der Waals surface area (Å²) in [5.74, 6) is 0.910. The maximum absolute atomic E-state index is 12.7. The summed E-state index contributed by atoms with van der Waals surface area (Å²) in [5.41, 5.74) is 0.429. The fourth-order valence-corrected chi connectivity index (χ4v) is 3.63. The van der Waals surface area contributed by atoms with Crippen molar-refractivity contribution in [2.24, 2.45) is 5.92 Å². The van der Waals surface area contributed by atoms with Gasteiger partial charge in [0.05, 0.1) is 27.9 Å². The zero-order valence-electron chi connectivity index (χ0n) is 16.6. The molecule has 2 saturated carbocycles. The number of carboxylic acid groups (broad SMARTS) is 1. The van der Waals surface area contributed by atoms with Crippen LogP contribution in [0.5, 0.6) is 17.2 Å². The van der Waals surface area contributed by atoms with Gasteiger partial charge in [-0.1, -0.05) is 0 Å². The Kier molecular flexibility index (Phi) is 6.28. The first-order valence-electron chi connectivity index (χ1n) is 9.51. The highest BCUT2D eigenvalue weighted by atomic mass is 16.5. The number of hydrogen-bond acceptors (Lipinski definition) is 6. The molecule has 1 aromatic carbocycles. The molecular formula is C20H28N2O6. The number of nitrogens with zero attached hydrogens (tertiary/aromatic N) is 1. The normalized spacial score (nSPS) is 21.0. The highest BCUT2D eigenvalue weighted by molar-refractivity contribution is 5.96. The third-order valence-electron chi connectivity index (χ3n) is 5.42. The second kappa shape index (κ2) is 8.68. The molecule has 3 rings (SSSR count). The molecule has 1 aromatic rings. The van der Waals surface area contributed by atoms with Crippen LogP contribution in [0, 0.1) is 5.92 Å². The Labute approximate surface area is 164 Å². The van der Waals surface area contributed by atoms with Crippen molar-refractivity contribution in [2.75, 3.05) is 34.4 Å². The van der Waals surface area contributed by atoms with Crippen molar-refractivity contribution in [3.63, 3.8) is 0 Å². The van der Waals surface area contributed by atoms with Crippen molar-refractivity contribution in [1.82, 2.24) is 10.2 Å². The molecule has 0 aliphatic heterocycles. The Morgan fingerprint density at radius 1 is 1.11 bits per heavy atom. The third kappa shape index (κ3) is 4.67. The number of amides is 1. The number of ether oxygens (including phenoxy) is 3. The van der Waals surface area contributed by atoms with Crippen LogP contribution in [0.3, 0.4) is 0 Å². The first kappa shape index (κ1) is 20.3. The van der Waals surface area contributed by atoms with Crippen LogP contribution in [0.1, 0.15) is 36.0 Å². The standard InChI is InChI=1S/C20H28N2O6/c1-26-16-6-13(7-17(27-2)19(16)28-3)20(25)21-14-8-15(9-14)22(11-18(23)24)10-12-4-5-12/h6-7,12,14-15H,4-5,8-11H2,1-3H3,(H,21,25)(H,23,24). The highest BCUT2D eigenvalue weighted by Crippen LogP contribution is 2.38. The SMILES string of the molecule is COc1cc(C(=O)NC2CC(N(CC(=O)O)CC3CC3)C2)cc(OC)c1OC. The number of methoxy groups -OCH3 is 3. The number of carbonyl (C=O) groups is 2. The largest absolute Gasteiger partial charge is 0.493 e. The number of carbonyl (C=O) groups excluding carboxylic acids is 1. The maximum atomic E-state index is 12.7. The van der Waals surface area contributed by atoms with Gasteiger partial charge in [0.15, 0.2) is 11.5 Å². The molecule has 0 atom stereocenters. The first-order chi connectivity index (χ1) is 13.4. The zero-order chi connectivity index (χ0) is 20.3. The summed E-state index contributed by atoms with van der Waals surface area (Å²) < 4.78 is 15.9. The minimum absolute atomic E-state index is 0.0343. The van der Waals surface area contributed by atoms with Crippen LogP contribution >= 0.6 is 0 Å². The zero-order valence-corrected chi connectivity index (χ0v) is 16.6. The monoisotopic (exact) mass is 392 g/mol. The first-order valence-corrected chi connectivity index (χ1v) is 9.51. The van der Waals surface area contributed by atoms with E-state index in [0.717, 1.165) is 19.4 Å². The van der Waals surface area contributed by atoms with E-state index in [1.807, 2.05) is 4.90 Å². The molecule has 1 amide bonds. The number of aliphatic carboxylic acids is 1. The molecule has 8 nitrogen and oxygen atoms in total. The lowest BCUT2D eigenvalue weighted by molar-refractivity contribution is -0.139. The Balaban J connectivity index is 1.59. The number of carboxylic acids is 1. The van der Waals surface area contributed by atoms with Gasteiger partial charge in [-0.2, -0.15) is 0 Å². The van der Waals surface area contributed by atoms with Gasteiger partial charge in [0.2, 0.25) is 5.75 Å². The van der Waals surface area contributed by atoms with Crippen molar-refractivity contribution >= 4 is 11.9 Å². The van der Waals surface area contributed by atoms with Crippen molar-refractivity contribution in [3.05, 3.63) is 17.7 Å². The van der Waals surface area contributed by atoms with Crippen LogP contribution in [0.25, 0.3) is 0 Å². The summed E-state index contributed by atoms with van der Waals surface area (Å²) in [6.45, 7) is 0.902. The fourth-order valence-electron chi connectivity index (χ4n) is 3.63. The average molecular weight is 392 g/mol. The summed E-state index contributed by atoms with van der Waals surface area (Å²) in [4.78, 5) is 25.8. The Morgan fingerprint density at radius 3 is 2.18 bits per heavy atom. The maximum Gasteiger partial charge on any atom is 0.317 e. The molecule has 154 valence electrons. The Hall–Kier alpha value is -2.48. The van der Waals surface area contributed by atoms with E-state index in [1.54, 1.807) is 12.1 Å². The number of nitrogens with one attached hydrogen (secondary N) is 1. The quantitative estimate of drug-likeness (QED) is 0.626. The predicted octanol–water partition coefficient (Wildman–Crippen LogP) is 1.77. The van der Waals surface area contributed by atoms with Gasteiger partial charge < -0.3 is 24.6 Å². The predicted molar refractivity (Wildman–Crippen MR) is 102 cm³/mol. The lowest BCUT2D eigenvalue weighted by Crippen LogP contribution is -2.55. The lowest BCUT2D eigenvalue weighted by atomic mass is 9.85. The molecule has 0 radical (unpaired) electrons. The van der Waals surface area contributed by atoms with Gasteiger partial charge >= 0.3 is 5.97 Å². The van der Waals surface area contributed by atoms with Gasteiger partial charge in [-0.3, -0.25) is 14.5 Å². The molecule has 28 heavy (non-hydrogen) atoms. The lowest BCUT2D eigenvalue weighted by Gasteiger charge is -2.42. The minimum atomic E-state index is -0.800. The van der Waals surface area contributed by atoms with E-state index in [1.165, 1.54) is 34.2 Å². The Bertz CT molecular complexity index is 702. The van der Waals surface area contributed by atoms with E-state index in [9.17, 15) is 9.59 Å². The summed E-state index contributed by atoms with van der Waals surface area (Å²) in [5, 5.41) is 12.2. The van der Waals surface area contributed by atoms with Gasteiger partial charge in [0.25, 0.3) is 5.91 Å². The van der Waals surface area contributed by atoms with Gasteiger partial charge in [-0.15, -0.1) is 0 Å². The van der Waals surface area contributed by atoms with Crippen molar-refractivity contribution in [1.29, 1.82) is 0 Å². The molecule has 0 bridgehead atoms. The summed E-state index contributed by atoms with van der Waals surface area (Å²) in [6, 6.07) is 3.49. The van der Waals surface area contributed by atoms with E-state index in [0.29, 0.717) is 28.7 Å². The second-order valence-electron chi connectivity index (χ2n) is 7.48. The average Bonchev–Trinajstić information content (AvgIpc) is 3.45. The van der Waals surface area contributed by atoms with Crippen molar-refractivity contribution in [2.45, 2.75) is 37.8 Å². The third-order valence-corrected chi connectivity index (χ3v) is 5.42. The van der Waals surface area contributed by atoms with E-state index >= 15 is 0 Å². The molecule has 0 spiro atoms. The summed E-state index contributed by atoms with van der Waals surface area (Å²) in [7, 11) is 4.53. The van der Waals surface area contributed by atoms with E-state index in [4.69, 9.17) is 19.3 Å². The van der Waals surface area contributed by atoms with E-state index in [2.05, 4.69) is 5.32 Å². The fraction of sp³-hybridized carbons (Fsp3) is 0.600. The number of rotatable bonds is 10. The van der Waals surface area contributed by atoms with Crippen LogP contribution in [-0.4, -0.2) is 68.4 Å². The minimum Gasteiger partial charge on any atom is -0.493 e. The van der Waals surface area contributed by atoms with Gasteiger partial charge in [0.1, 0.15) is 0 Å². The molecule has 0 heterocycles. The smallest absolute Gasteiger partial charge is 0.317 e. The van der Waals surface area contributed by atoms with Crippen LogP contribution in [0.2, 0.25) is 0 Å². The van der Waals surface area contributed by atoms with Crippen LogP contribution in [0.15, 0.2) is 12.1 Å². The van der Waals surface area contributed by atoms with Gasteiger partial charge in [-0.25, -0.2) is 0 Å². The summed E-state index contributed by atoms with van der Waals surface area (Å²) in [6.07, 6.45) is 3.89. The molecule has 2 N–H and O–H groups in total. The second-order valence-corrected chi connectivity index (χ2v) is 7.48. The number of benzene rings is 1. The summed E-state index contributed by atoms with van der Waals surface area (Å²) >= 11 is 0. The molecule has 0 aromatic heterocycles. The van der Waals surface area contributed by atoms with E-state index in [-0.39, 0.29) is 24.5 Å². The Morgan fingerprint density at radius 2 is 1.71 bits per heavy atom. The molecule has 8 heteroatoms. The molecule has 2 aliphatic rings. The van der Waals surface area contributed by atoms with Crippen molar-refractivity contribution < 1.29 is 28.9 Å². The molecule has 2 fully saturated rings. The van der Waals surface area contributed by atoms with Gasteiger partial charge in [-0.05, 0) is 43.7 Å². The van der Waals surface area contributed by atoms with Crippen molar-refractivity contribution in [3.8, 4) is 17.2 Å². The van der Waals surface area contributed by atoms with Crippen LogP contribution < -0.4 is 19.5 Å². The molecule has 0 unspecified atom stereocenters. The molecule has 2 aliphatic carbocycles. The topological polar surface area (TPSA) is 97.3 Å². The van der Waals surface area contributed by atoms with Crippen LogP contribution in [-0.2, 0) is 4.79 Å². The highest BCUT2D eigenvalue weighted by Gasteiger charge is 2.38. The molecular weight excluding hydrogens is 364 g/mol.